The molecule has 0 aliphatic carbocycles. The highest BCUT2D eigenvalue weighted by atomic mass is 16.6. The van der Waals surface area contributed by atoms with Crippen LogP contribution in [0.2, 0.25) is 0 Å². The standard InChI is InChI=1S/C59H100O6/c1-4-7-10-13-16-19-22-25-27-28-29-30-32-34-37-40-43-46-49-52-58(61)64-55-56(54-63-57(60)51-48-45-42-39-36-33-24-21-18-15-12-9-6-3)65-59(62)53-50-47-44-41-38-35-31-26-23-20-17-14-11-8-5-2/h7-8,10-11,14,16-17,19-20,23,25,27,29-30,56H,4-6,9,12-13,15,18,21-22,24,26,28,31-55H2,1-3H3/b10-7-,11-8-,17-14-,19-16-,23-20-,27-25-,30-29-. The maximum absolute atomic E-state index is 12.8. The number of allylic oxidation sites excluding steroid dienone is 14. The third-order valence-electron chi connectivity index (χ3n) is 11.5. The lowest BCUT2D eigenvalue weighted by Gasteiger charge is -2.18. The van der Waals surface area contributed by atoms with Gasteiger partial charge in [0.15, 0.2) is 6.10 Å². The first-order valence-electron chi connectivity index (χ1n) is 27.1. The van der Waals surface area contributed by atoms with Crippen molar-refractivity contribution in [3.05, 3.63) is 85.1 Å². The molecule has 1 atom stereocenters. The maximum atomic E-state index is 12.8. The highest BCUT2D eigenvalue weighted by molar-refractivity contribution is 5.71. The molecule has 0 saturated heterocycles. The minimum atomic E-state index is -0.787. The Labute approximate surface area is 401 Å². The molecule has 6 nitrogen and oxygen atoms in total. The van der Waals surface area contributed by atoms with Crippen LogP contribution in [-0.2, 0) is 28.6 Å². The van der Waals surface area contributed by atoms with Gasteiger partial charge in [-0.05, 0) is 77.0 Å². The van der Waals surface area contributed by atoms with Crippen LogP contribution in [0.3, 0.4) is 0 Å². The Morgan fingerprint density at radius 3 is 1.11 bits per heavy atom. The summed E-state index contributed by atoms with van der Waals surface area (Å²) in [7, 11) is 0. The Morgan fingerprint density at radius 2 is 0.677 bits per heavy atom. The summed E-state index contributed by atoms with van der Waals surface area (Å²) in [6.07, 6.45) is 68.5. The van der Waals surface area contributed by atoms with Gasteiger partial charge in [0.1, 0.15) is 13.2 Å². The van der Waals surface area contributed by atoms with E-state index in [0.29, 0.717) is 19.3 Å². The molecule has 0 heterocycles. The Hall–Kier alpha value is -3.41. The van der Waals surface area contributed by atoms with Crippen LogP contribution in [0.25, 0.3) is 0 Å². The number of esters is 3. The predicted molar refractivity (Wildman–Crippen MR) is 279 cm³/mol. The molecule has 0 fully saturated rings. The summed E-state index contributed by atoms with van der Waals surface area (Å²) in [6.45, 7) is 6.38. The molecule has 0 aromatic rings. The van der Waals surface area contributed by atoms with Gasteiger partial charge in [-0.25, -0.2) is 0 Å². The second-order valence-corrected chi connectivity index (χ2v) is 17.8. The smallest absolute Gasteiger partial charge is 0.306 e. The largest absolute Gasteiger partial charge is 0.462 e. The van der Waals surface area contributed by atoms with Crippen molar-refractivity contribution in [3.63, 3.8) is 0 Å². The van der Waals surface area contributed by atoms with E-state index in [2.05, 4.69) is 106 Å². The Morgan fingerprint density at radius 1 is 0.338 bits per heavy atom. The van der Waals surface area contributed by atoms with Crippen LogP contribution in [-0.4, -0.2) is 37.2 Å². The topological polar surface area (TPSA) is 78.9 Å². The minimum absolute atomic E-state index is 0.0847. The molecule has 0 radical (unpaired) electrons. The van der Waals surface area contributed by atoms with Gasteiger partial charge in [-0.2, -0.15) is 0 Å². The van der Waals surface area contributed by atoms with Gasteiger partial charge in [0.2, 0.25) is 0 Å². The summed E-state index contributed by atoms with van der Waals surface area (Å²) < 4.78 is 16.8. The number of rotatable bonds is 48. The van der Waals surface area contributed by atoms with Gasteiger partial charge in [0.25, 0.3) is 0 Å². The molecule has 0 bridgehead atoms. The van der Waals surface area contributed by atoms with E-state index >= 15 is 0 Å². The van der Waals surface area contributed by atoms with Crippen molar-refractivity contribution in [1.82, 2.24) is 0 Å². The van der Waals surface area contributed by atoms with Crippen LogP contribution in [0, 0.1) is 0 Å². The summed E-state index contributed by atoms with van der Waals surface area (Å²) in [5, 5.41) is 0. The third kappa shape index (κ3) is 51.4. The molecule has 372 valence electrons. The summed E-state index contributed by atoms with van der Waals surface area (Å²) in [4.78, 5) is 38.1. The zero-order valence-electron chi connectivity index (χ0n) is 42.5. The van der Waals surface area contributed by atoms with E-state index in [1.807, 2.05) is 0 Å². The van der Waals surface area contributed by atoms with E-state index in [1.165, 1.54) is 109 Å². The average molecular weight is 905 g/mol. The summed E-state index contributed by atoms with van der Waals surface area (Å²) in [5.41, 5.74) is 0. The molecule has 0 aromatic heterocycles. The average Bonchev–Trinajstić information content (AvgIpc) is 3.30. The molecule has 0 aromatic carbocycles. The van der Waals surface area contributed by atoms with Crippen LogP contribution in [0.5, 0.6) is 0 Å². The van der Waals surface area contributed by atoms with Gasteiger partial charge in [-0.1, -0.05) is 241 Å². The lowest BCUT2D eigenvalue weighted by molar-refractivity contribution is -0.167. The van der Waals surface area contributed by atoms with Crippen LogP contribution in [0.4, 0.5) is 0 Å². The molecule has 0 N–H and O–H groups in total. The Balaban J connectivity index is 4.41. The zero-order valence-corrected chi connectivity index (χ0v) is 42.5. The second-order valence-electron chi connectivity index (χ2n) is 17.8. The van der Waals surface area contributed by atoms with Crippen LogP contribution < -0.4 is 0 Å². The predicted octanol–water partition coefficient (Wildman–Crippen LogP) is 18.0. The number of carbonyl (C=O) groups is 3. The lowest BCUT2D eigenvalue weighted by atomic mass is 10.0. The van der Waals surface area contributed by atoms with Crippen molar-refractivity contribution >= 4 is 17.9 Å². The highest BCUT2D eigenvalue weighted by Gasteiger charge is 2.19. The van der Waals surface area contributed by atoms with Crippen LogP contribution >= 0.6 is 0 Å². The van der Waals surface area contributed by atoms with Crippen molar-refractivity contribution in [2.45, 2.75) is 258 Å². The van der Waals surface area contributed by atoms with Crippen molar-refractivity contribution in [2.75, 3.05) is 13.2 Å². The number of carbonyl (C=O) groups excluding carboxylic acids is 3. The maximum Gasteiger partial charge on any atom is 0.306 e. The van der Waals surface area contributed by atoms with Crippen molar-refractivity contribution < 1.29 is 28.6 Å². The van der Waals surface area contributed by atoms with Crippen LogP contribution in [0.1, 0.15) is 252 Å². The van der Waals surface area contributed by atoms with Gasteiger partial charge in [0.05, 0.1) is 0 Å². The van der Waals surface area contributed by atoms with Gasteiger partial charge in [-0.15, -0.1) is 0 Å². The van der Waals surface area contributed by atoms with Crippen molar-refractivity contribution in [1.29, 1.82) is 0 Å². The summed E-state index contributed by atoms with van der Waals surface area (Å²) in [6, 6.07) is 0. The molecule has 0 rings (SSSR count). The Kier molecular flexibility index (Phi) is 50.4. The molecule has 65 heavy (non-hydrogen) atoms. The quantitative estimate of drug-likeness (QED) is 0.0199. The summed E-state index contributed by atoms with van der Waals surface area (Å²) in [5.74, 6) is -0.908. The first-order chi connectivity index (χ1) is 32.0. The van der Waals surface area contributed by atoms with Gasteiger partial charge in [-0.3, -0.25) is 14.4 Å². The highest BCUT2D eigenvalue weighted by Crippen LogP contribution is 2.15. The molecule has 6 heteroatoms. The molecule has 0 saturated carbocycles. The molecular formula is C59H100O6. The van der Waals surface area contributed by atoms with E-state index < -0.39 is 6.10 Å². The fourth-order valence-electron chi connectivity index (χ4n) is 7.43. The monoisotopic (exact) mass is 905 g/mol. The fraction of sp³-hybridized carbons (Fsp3) is 0.712. The summed E-state index contributed by atoms with van der Waals surface area (Å²) >= 11 is 0. The van der Waals surface area contributed by atoms with E-state index in [1.54, 1.807) is 0 Å². The van der Waals surface area contributed by atoms with E-state index in [9.17, 15) is 14.4 Å². The minimum Gasteiger partial charge on any atom is -0.462 e. The number of ether oxygens (including phenoxy) is 3. The van der Waals surface area contributed by atoms with E-state index in [0.717, 1.165) is 103 Å². The van der Waals surface area contributed by atoms with Gasteiger partial charge >= 0.3 is 17.9 Å². The number of hydrogen-bond acceptors (Lipinski definition) is 6. The molecular weight excluding hydrogens is 805 g/mol. The van der Waals surface area contributed by atoms with E-state index in [-0.39, 0.29) is 31.1 Å². The normalized spacial score (nSPS) is 12.7. The third-order valence-corrected chi connectivity index (χ3v) is 11.5. The van der Waals surface area contributed by atoms with Gasteiger partial charge < -0.3 is 14.2 Å². The molecule has 0 aliphatic rings. The van der Waals surface area contributed by atoms with Gasteiger partial charge in [0, 0.05) is 19.3 Å². The van der Waals surface area contributed by atoms with Crippen molar-refractivity contribution in [2.24, 2.45) is 0 Å². The first kappa shape index (κ1) is 61.6. The first-order valence-corrected chi connectivity index (χ1v) is 27.1. The fourth-order valence-corrected chi connectivity index (χ4v) is 7.43. The van der Waals surface area contributed by atoms with Crippen molar-refractivity contribution in [3.8, 4) is 0 Å². The molecule has 1 unspecified atom stereocenters. The lowest BCUT2D eigenvalue weighted by Crippen LogP contribution is -2.30. The second kappa shape index (κ2) is 53.2. The van der Waals surface area contributed by atoms with Crippen LogP contribution in [0.15, 0.2) is 85.1 Å². The number of unbranched alkanes of at least 4 members (excludes halogenated alkanes) is 25. The molecule has 0 spiro atoms. The molecule has 0 amide bonds. The number of hydrogen-bond donors (Lipinski definition) is 0. The zero-order chi connectivity index (χ0) is 47.2. The SMILES string of the molecule is CC\C=C/C=C\C=C/CCCCCCCCCC(=O)OC(COC(=O)CCCCCCCC/C=C\C/C=C\C/C=C\C/C=C\CC)COC(=O)CCCCCCCCCCCCCCC. The Bertz CT molecular complexity index is 1270. The van der Waals surface area contributed by atoms with E-state index in [4.69, 9.17) is 14.2 Å². The molecule has 0 aliphatic heterocycles.